The first kappa shape index (κ1) is 16.4. The van der Waals surface area contributed by atoms with Crippen molar-refractivity contribution in [3.63, 3.8) is 0 Å². The highest BCUT2D eigenvalue weighted by molar-refractivity contribution is 6.34. The topological polar surface area (TPSA) is 69.9 Å². The first-order valence-corrected chi connectivity index (χ1v) is 8.24. The third kappa shape index (κ3) is 3.45. The van der Waals surface area contributed by atoms with Gasteiger partial charge in [0, 0.05) is 12.1 Å². The number of carbonyl (C=O) groups excluding carboxylic acids is 1. The molecule has 2 heterocycles. The molecule has 26 heavy (non-hydrogen) atoms. The van der Waals surface area contributed by atoms with Gasteiger partial charge in [-0.3, -0.25) is 4.79 Å². The number of rotatable bonds is 5. The van der Waals surface area contributed by atoms with Crippen LogP contribution >= 0.6 is 11.6 Å². The number of furan rings is 1. The predicted molar refractivity (Wildman–Crippen MR) is 95.0 cm³/mol. The fourth-order valence-corrected chi connectivity index (χ4v) is 2.65. The predicted octanol–water partition coefficient (Wildman–Crippen LogP) is 4.49. The number of carbonyl (C=O) groups is 1. The molecule has 132 valence electrons. The van der Waals surface area contributed by atoms with Crippen molar-refractivity contribution in [1.29, 1.82) is 0 Å². The summed E-state index contributed by atoms with van der Waals surface area (Å²) in [5, 5.41) is 3.05. The molecule has 7 heteroatoms. The number of nitrogens with one attached hydrogen (secondary N) is 1. The lowest BCUT2D eigenvalue weighted by atomic mass is 10.2. The summed E-state index contributed by atoms with van der Waals surface area (Å²) >= 11 is 6.16. The maximum atomic E-state index is 12.4. The van der Waals surface area contributed by atoms with Gasteiger partial charge in [-0.25, -0.2) is 0 Å². The van der Waals surface area contributed by atoms with Crippen molar-refractivity contribution in [2.75, 3.05) is 12.1 Å². The summed E-state index contributed by atoms with van der Waals surface area (Å²) in [7, 11) is 0. The molecule has 0 saturated carbocycles. The largest absolute Gasteiger partial charge is 0.486 e. The van der Waals surface area contributed by atoms with Gasteiger partial charge in [0.2, 0.25) is 6.79 Å². The van der Waals surface area contributed by atoms with E-state index in [9.17, 15) is 4.79 Å². The SMILES string of the molecule is O=C(Nc1cc2c(cc1Cl)OCO2)c1ccc(COc2ccccc2)o1. The minimum atomic E-state index is -0.420. The molecule has 0 atom stereocenters. The molecule has 1 amide bonds. The summed E-state index contributed by atoms with van der Waals surface area (Å²) in [5.74, 6) is 2.08. The van der Waals surface area contributed by atoms with E-state index < -0.39 is 5.91 Å². The summed E-state index contributed by atoms with van der Waals surface area (Å²) in [6.45, 7) is 0.355. The molecule has 4 rings (SSSR count). The van der Waals surface area contributed by atoms with Crippen molar-refractivity contribution in [1.82, 2.24) is 0 Å². The summed E-state index contributed by atoms with van der Waals surface area (Å²) in [4.78, 5) is 12.4. The molecule has 0 unspecified atom stereocenters. The Morgan fingerprint density at radius 1 is 1.08 bits per heavy atom. The second kappa shape index (κ2) is 7.01. The van der Waals surface area contributed by atoms with Gasteiger partial charge in [0.05, 0.1) is 10.7 Å². The van der Waals surface area contributed by atoms with Gasteiger partial charge in [-0.1, -0.05) is 29.8 Å². The average Bonchev–Trinajstić information content (AvgIpc) is 3.30. The van der Waals surface area contributed by atoms with E-state index in [0.717, 1.165) is 5.75 Å². The number of benzene rings is 2. The van der Waals surface area contributed by atoms with Gasteiger partial charge in [0.1, 0.15) is 18.1 Å². The molecule has 0 aliphatic carbocycles. The lowest BCUT2D eigenvalue weighted by Gasteiger charge is -2.07. The lowest BCUT2D eigenvalue weighted by Crippen LogP contribution is -2.11. The zero-order valence-corrected chi connectivity index (χ0v) is 14.3. The molecule has 0 bridgehead atoms. The summed E-state index contributed by atoms with van der Waals surface area (Å²) in [6, 6.07) is 15.8. The van der Waals surface area contributed by atoms with Crippen molar-refractivity contribution < 1.29 is 23.4 Å². The highest BCUT2D eigenvalue weighted by atomic mass is 35.5. The van der Waals surface area contributed by atoms with Crippen LogP contribution in [0.15, 0.2) is 59.0 Å². The fraction of sp³-hybridized carbons (Fsp3) is 0.105. The number of hydrogen-bond donors (Lipinski definition) is 1. The quantitative estimate of drug-likeness (QED) is 0.715. The molecule has 1 aliphatic rings. The minimum absolute atomic E-state index is 0.131. The Morgan fingerprint density at radius 3 is 2.65 bits per heavy atom. The first-order valence-electron chi connectivity index (χ1n) is 7.86. The number of para-hydroxylation sites is 1. The van der Waals surface area contributed by atoms with Crippen LogP contribution in [0.4, 0.5) is 5.69 Å². The standard InChI is InChI=1S/C19H14ClNO5/c20-14-8-17-18(25-11-24-17)9-15(14)21-19(22)16-7-6-13(26-16)10-23-12-4-2-1-3-5-12/h1-9H,10-11H2,(H,21,22). The zero-order chi connectivity index (χ0) is 17.9. The van der Waals surface area contributed by atoms with Gasteiger partial charge in [-0.05, 0) is 24.3 Å². The zero-order valence-electron chi connectivity index (χ0n) is 13.5. The van der Waals surface area contributed by atoms with E-state index in [4.69, 9.17) is 30.2 Å². The highest BCUT2D eigenvalue weighted by Crippen LogP contribution is 2.39. The molecule has 6 nitrogen and oxygen atoms in total. The monoisotopic (exact) mass is 371 g/mol. The molecular weight excluding hydrogens is 358 g/mol. The molecule has 0 fully saturated rings. The van der Waals surface area contributed by atoms with E-state index in [0.29, 0.717) is 28.0 Å². The Labute approximate surface area is 154 Å². The fourth-order valence-electron chi connectivity index (χ4n) is 2.45. The first-order chi connectivity index (χ1) is 12.7. The number of fused-ring (bicyclic) bond motifs is 1. The van der Waals surface area contributed by atoms with Crippen LogP contribution in [0.3, 0.4) is 0 Å². The van der Waals surface area contributed by atoms with Crippen LogP contribution in [0.1, 0.15) is 16.3 Å². The normalized spacial score (nSPS) is 12.0. The smallest absolute Gasteiger partial charge is 0.291 e. The molecular formula is C19H14ClNO5. The summed E-state index contributed by atoms with van der Waals surface area (Å²) in [6.07, 6.45) is 0. The van der Waals surface area contributed by atoms with Crippen LogP contribution in [-0.2, 0) is 6.61 Å². The van der Waals surface area contributed by atoms with Crippen LogP contribution in [0, 0.1) is 0 Å². The average molecular weight is 372 g/mol. The van der Waals surface area contributed by atoms with Crippen molar-refractivity contribution in [2.24, 2.45) is 0 Å². The maximum absolute atomic E-state index is 12.4. The van der Waals surface area contributed by atoms with Crippen molar-refractivity contribution in [3.8, 4) is 17.2 Å². The third-order valence-electron chi connectivity index (χ3n) is 3.72. The molecule has 1 N–H and O–H groups in total. The number of ether oxygens (including phenoxy) is 3. The number of hydrogen-bond acceptors (Lipinski definition) is 5. The number of anilines is 1. The van der Waals surface area contributed by atoms with Gasteiger partial charge >= 0.3 is 0 Å². The van der Waals surface area contributed by atoms with E-state index >= 15 is 0 Å². The molecule has 0 radical (unpaired) electrons. The van der Waals surface area contributed by atoms with Gasteiger partial charge in [-0.2, -0.15) is 0 Å². The van der Waals surface area contributed by atoms with Gasteiger partial charge in [-0.15, -0.1) is 0 Å². The van der Waals surface area contributed by atoms with Gasteiger partial charge in [0.15, 0.2) is 17.3 Å². The van der Waals surface area contributed by atoms with Gasteiger partial charge in [0.25, 0.3) is 5.91 Å². The molecule has 1 aliphatic heterocycles. The van der Waals surface area contributed by atoms with Crippen molar-refractivity contribution >= 4 is 23.2 Å². The van der Waals surface area contributed by atoms with Crippen molar-refractivity contribution in [2.45, 2.75) is 6.61 Å². The van der Waals surface area contributed by atoms with Crippen LogP contribution in [0.2, 0.25) is 5.02 Å². The van der Waals surface area contributed by atoms with E-state index in [2.05, 4.69) is 5.32 Å². The van der Waals surface area contributed by atoms with Gasteiger partial charge < -0.3 is 23.9 Å². The number of halogens is 1. The molecule has 2 aromatic carbocycles. The molecule has 3 aromatic rings. The Balaban J connectivity index is 1.42. The summed E-state index contributed by atoms with van der Waals surface area (Å²) < 4.78 is 21.7. The highest BCUT2D eigenvalue weighted by Gasteiger charge is 2.19. The Morgan fingerprint density at radius 2 is 1.85 bits per heavy atom. The van der Waals surface area contributed by atoms with E-state index in [1.807, 2.05) is 30.3 Å². The van der Waals surface area contributed by atoms with Crippen molar-refractivity contribution in [3.05, 3.63) is 71.1 Å². The second-order valence-corrected chi connectivity index (χ2v) is 5.91. The maximum Gasteiger partial charge on any atom is 0.291 e. The molecule has 0 saturated heterocycles. The Bertz CT molecular complexity index is 938. The van der Waals surface area contributed by atoms with Crippen LogP contribution < -0.4 is 19.5 Å². The third-order valence-corrected chi connectivity index (χ3v) is 4.03. The van der Waals surface area contributed by atoms with E-state index in [1.54, 1.807) is 24.3 Å². The minimum Gasteiger partial charge on any atom is -0.486 e. The summed E-state index contributed by atoms with van der Waals surface area (Å²) in [5.41, 5.74) is 0.416. The number of amides is 1. The Kier molecular flexibility index (Phi) is 4.41. The Hall–Kier alpha value is -3.12. The molecule has 1 aromatic heterocycles. The van der Waals surface area contributed by atoms with E-state index in [-0.39, 0.29) is 19.2 Å². The van der Waals surface area contributed by atoms with Crippen LogP contribution in [-0.4, -0.2) is 12.7 Å². The molecule has 0 spiro atoms. The van der Waals surface area contributed by atoms with Crippen LogP contribution in [0.25, 0.3) is 0 Å². The second-order valence-electron chi connectivity index (χ2n) is 5.51. The van der Waals surface area contributed by atoms with E-state index in [1.165, 1.54) is 0 Å². The van der Waals surface area contributed by atoms with Crippen LogP contribution in [0.5, 0.6) is 17.2 Å². The lowest BCUT2D eigenvalue weighted by molar-refractivity contribution is 0.0992.